The van der Waals surface area contributed by atoms with Crippen LogP contribution in [0.25, 0.3) is 0 Å². The lowest BCUT2D eigenvalue weighted by Crippen LogP contribution is -2.51. The third-order valence-corrected chi connectivity index (χ3v) is 4.28. The molecule has 1 aromatic rings. The van der Waals surface area contributed by atoms with E-state index in [-0.39, 0.29) is 17.4 Å². The van der Waals surface area contributed by atoms with Gasteiger partial charge in [0.05, 0.1) is 0 Å². The first-order valence-corrected chi connectivity index (χ1v) is 8.22. The minimum atomic E-state index is -0.349. The van der Waals surface area contributed by atoms with Crippen LogP contribution in [-0.2, 0) is 4.79 Å². The van der Waals surface area contributed by atoms with Crippen molar-refractivity contribution in [2.75, 3.05) is 44.0 Å². The van der Waals surface area contributed by atoms with Crippen LogP contribution in [-0.4, -0.2) is 61.0 Å². The number of nitrogens with zero attached hydrogens (tertiary/aromatic N) is 5. The lowest BCUT2D eigenvalue weighted by atomic mass is 9.93. The van der Waals surface area contributed by atoms with Gasteiger partial charge in [-0.25, -0.2) is 4.98 Å². The van der Waals surface area contributed by atoms with Gasteiger partial charge in [-0.05, 0) is 18.9 Å². The first-order valence-electron chi connectivity index (χ1n) is 8.22. The molecule has 1 amide bonds. The maximum absolute atomic E-state index is 12.5. The molecule has 128 valence electrons. The number of amides is 1. The molecule has 23 heavy (non-hydrogen) atoms. The van der Waals surface area contributed by atoms with Crippen molar-refractivity contribution in [2.45, 2.75) is 39.7 Å². The number of carbonyl (C=O) groups excluding carboxylic acids is 1. The van der Waals surface area contributed by atoms with Crippen LogP contribution >= 0.6 is 0 Å². The fraction of sp³-hybridized carbons (Fsp3) is 0.706. The molecule has 1 aliphatic heterocycles. The van der Waals surface area contributed by atoms with Crippen molar-refractivity contribution in [3.05, 3.63) is 12.3 Å². The SMILES string of the molecule is CN(C)c1ccnc(N2CCCC(N(C)C(=O)C(C)(C)C)C2)n1. The largest absolute Gasteiger partial charge is 0.363 e. The molecule has 1 aliphatic rings. The fourth-order valence-corrected chi connectivity index (χ4v) is 2.89. The van der Waals surface area contributed by atoms with Crippen LogP contribution in [0.1, 0.15) is 33.6 Å². The van der Waals surface area contributed by atoms with Gasteiger partial charge in [-0.2, -0.15) is 4.98 Å². The first-order chi connectivity index (χ1) is 10.7. The van der Waals surface area contributed by atoms with Crippen LogP contribution < -0.4 is 9.80 Å². The Hall–Kier alpha value is -1.85. The Morgan fingerprint density at radius 1 is 1.30 bits per heavy atom. The molecule has 0 N–H and O–H groups in total. The lowest BCUT2D eigenvalue weighted by molar-refractivity contribution is -0.140. The predicted octanol–water partition coefficient (Wildman–Crippen LogP) is 2.02. The van der Waals surface area contributed by atoms with E-state index >= 15 is 0 Å². The zero-order valence-electron chi connectivity index (χ0n) is 15.2. The summed E-state index contributed by atoms with van der Waals surface area (Å²) in [5.74, 6) is 1.83. The maximum atomic E-state index is 12.5. The van der Waals surface area contributed by atoms with Gasteiger partial charge in [0.25, 0.3) is 0 Å². The molecule has 6 nitrogen and oxygen atoms in total. The van der Waals surface area contributed by atoms with Crippen LogP contribution in [0, 0.1) is 5.41 Å². The second-order valence-electron chi connectivity index (χ2n) is 7.52. The number of rotatable bonds is 3. The number of likely N-dealkylation sites (N-methyl/N-ethyl adjacent to an activating group) is 1. The molecule has 0 spiro atoms. The molecule has 1 unspecified atom stereocenters. The number of piperidine rings is 1. The Bertz CT molecular complexity index is 552. The highest BCUT2D eigenvalue weighted by atomic mass is 16.2. The van der Waals surface area contributed by atoms with Crippen LogP contribution in [0.15, 0.2) is 12.3 Å². The number of hydrogen-bond donors (Lipinski definition) is 0. The molecule has 0 aromatic carbocycles. The van der Waals surface area contributed by atoms with E-state index in [0.29, 0.717) is 0 Å². The van der Waals surface area contributed by atoms with Crippen molar-refractivity contribution in [2.24, 2.45) is 5.41 Å². The van der Waals surface area contributed by atoms with Gasteiger partial charge in [-0.3, -0.25) is 4.79 Å². The van der Waals surface area contributed by atoms with Gasteiger partial charge in [0.2, 0.25) is 11.9 Å². The molecule has 0 aliphatic carbocycles. The van der Waals surface area contributed by atoms with Gasteiger partial charge in [-0.1, -0.05) is 20.8 Å². The molecule has 6 heteroatoms. The highest BCUT2D eigenvalue weighted by Crippen LogP contribution is 2.24. The quantitative estimate of drug-likeness (QED) is 0.853. The third kappa shape index (κ3) is 4.12. The summed E-state index contributed by atoms with van der Waals surface area (Å²) in [4.78, 5) is 27.6. The summed E-state index contributed by atoms with van der Waals surface area (Å²) in [5, 5.41) is 0. The first kappa shape index (κ1) is 17.5. The highest BCUT2D eigenvalue weighted by molar-refractivity contribution is 5.81. The molecular formula is C17H29N5O. The summed E-state index contributed by atoms with van der Waals surface area (Å²) in [6.45, 7) is 7.63. The Morgan fingerprint density at radius 2 is 2.00 bits per heavy atom. The number of aromatic nitrogens is 2. The van der Waals surface area contributed by atoms with Gasteiger partial charge >= 0.3 is 0 Å². The topological polar surface area (TPSA) is 52.6 Å². The normalized spacial score (nSPS) is 18.7. The van der Waals surface area contributed by atoms with Gasteiger partial charge in [0.15, 0.2) is 0 Å². The second-order valence-corrected chi connectivity index (χ2v) is 7.52. The van der Waals surface area contributed by atoms with Gasteiger partial charge < -0.3 is 14.7 Å². The van der Waals surface area contributed by atoms with Crippen LogP contribution in [0.2, 0.25) is 0 Å². The van der Waals surface area contributed by atoms with Crippen molar-refractivity contribution < 1.29 is 4.79 Å². The molecule has 1 aromatic heterocycles. The average Bonchev–Trinajstić information content (AvgIpc) is 2.52. The van der Waals surface area contributed by atoms with Crippen molar-refractivity contribution in [1.29, 1.82) is 0 Å². The summed E-state index contributed by atoms with van der Waals surface area (Å²) < 4.78 is 0. The fourth-order valence-electron chi connectivity index (χ4n) is 2.89. The molecule has 2 heterocycles. The minimum absolute atomic E-state index is 0.187. The molecule has 1 saturated heterocycles. The lowest BCUT2D eigenvalue weighted by Gasteiger charge is -2.39. The smallest absolute Gasteiger partial charge is 0.227 e. The number of carbonyl (C=O) groups is 1. The molecule has 1 atom stereocenters. The molecule has 2 rings (SSSR count). The van der Waals surface area contributed by atoms with E-state index in [1.54, 1.807) is 6.20 Å². The van der Waals surface area contributed by atoms with E-state index < -0.39 is 0 Å². The minimum Gasteiger partial charge on any atom is -0.363 e. The van der Waals surface area contributed by atoms with Crippen LogP contribution in [0.4, 0.5) is 11.8 Å². The zero-order valence-corrected chi connectivity index (χ0v) is 15.2. The summed E-state index contributed by atoms with van der Waals surface area (Å²) >= 11 is 0. The van der Waals surface area contributed by atoms with Crippen molar-refractivity contribution in [3.8, 4) is 0 Å². The monoisotopic (exact) mass is 319 g/mol. The standard InChI is InChI=1S/C17H29N5O/c1-17(2,3)15(23)21(6)13-8-7-11-22(12-13)16-18-10-9-14(19-16)20(4)5/h9-10,13H,7-8,11-12H2,1-6H3. The summed E-state index contributed by atoms with van der Waals surface area (Å²) in [6, 6.07) is 2.11. The molecular weight excluding hydrogens is 290 g/mol. The molecule has 0 saturated carbocycles. The average molecular weight is 319 g/mol. The Labute approximate surface area is 139 Å². The zero-order chi connectivity index (χ0) is 17.2. The van der Waals surface area contributed by atoms with E-state index in [1.165, 1.54) is 0 Å². The second kappa shape index (κ2) is 6.72. The Balaban J connectivity index is 2.12. The molecule has 1 fully saturated rings. The van der Waals surface area contributed by atoms with Crippen molar-refractivity contribution in [3.63, 3.8) is 0 Å². The number of anilines is 2. The van der Waals surface area contributed by atoms with E-state index in [1.807, 2.05) is 57.8 Å². The summed E-state index contributed by atoms with van der Waals surface area (Å²) in [6.07, 6.45) is 3.87. The van der Waals surface area contributed by atoms with E-state index in [9.17, 15) is 4.79 Å². The van der Waals surface area contributed by atoms with Gasteiger partial charge in [-0.15, -0.1) is 0 Å². The predicted molar refractivity (Wildman–Crippen MR) is 93.8 cm³/mol. The third-order valence-electron chi connectivity index (χ3n) is 4.28. The maximum Gasteiger partial charge on any atom is 0.227 e. The molecule has 0 bridgehead atoms. The summed E-state index contributed by atoms with van der Waals surface area (Å²) in [5.41, 5.74) is -0.349. The highest BCUT2D eigenvalue weighted by Gasteiger charge is 2.32. The van der Waals surface area contributed by atoms with Crippen LogP contribution in [0.3, 0.4) is 0 Å². The van der Waals surface area contributed by atoms with Crippen LogP contribution in [0.5, 0.6) is 0 Å². The van der Waals surface area contributed by atoms with E-state index in [2.05, 4.69) is 14.9 Å². The van der Waals surface area contributed by atoms with Gasteiger partial charge in [0.1, 0.15) is 5.82 Å². The van der Waals surface area contributed by atoms with Crippen molar-refractivity contribution >= 4 is 17.7 Å². The molecule has 0 radical (unpaired) electrons. The number of hydrogen-bond acceptors (Lipinski definition) is 5. The van der Waals surface area contributed by atoms with Gasteiger partial charge in [0, 0.05) is 51.9 Å². The van der Waals surface area contributed by atoms with E-state index in [4.69, 9.17) is 0 Å². The Morgan fingerprint density at radius 3 is 2.61 bits per heavy atom. The van der Waals surface area contributed by atoms with E-state index in [0.717, 1.165) is 37.7 Å². The Kier molecular flexibility index (Phi) is 5.12. The van der Waals surface area contributed by atoms with Crippen molar-refractivity contribution in [1.82, 2.24) is 14.9 Å². The summed E-state index contributed by atoms with van der Waals surface area (Å²) in [7, 11) is 5.86.